The largest absolute Gasteiger partial charge is 0.480 e. The number of carboxylic acids is 1. The Bertz CT molecular complexity index is 231. The van der Waals surface area contributed by atoms with E-state index in [1.807, 2.05) is 6.07 Å². The summed E-state index contributed by atoms with van der Waals surface area (Å²) in [6.45, 7) is 1.40. The second-order valence-corrected chi connectivity index (χ2v) is 2.69. The third kappa shape index (κ3) is 6.14. The Morgan fingerprint density at radius 2 is 2.31 bits per heavy atom. The number of hydrogen-bond acceptors (Lipinski definition) is 3. The number of carboxylic acid groups (broad SMARTS) is 1. The summed E-state index contributed by atoms with van der Waals surface area (Å²) < 4.78 is 0. The molecule has 0 aliphatic rings. The molecule has 3 N–H and O–H groups in total. The van der Waals surface area contributed by atoms with Gasteiger partial charge in [-0.2, -0.15) is 5.26 Å². The van der Waals surface area contributed by atoms with Crippen LogP contribution in [0.4, 0.5) is 0 Å². The lowest BCUT2D eigenvalue weighted by atomic mass is 10.0. The molecule has 0 fully saturated rings. The van der Waals surface area contributed by atoms with Crippen molar-refractivity contribution in [1.82, 2.24) is 0 Å². The van der Waals surface area contributed by atoms with Gasteiger partial charge in [0, 0.05) is 6.42 Å². The molecule has 0 saturated carbocycles. The normalized spacial score (nSPS) is 14.2. The maximum absolute atomic E-state index is 10.4. The average molecular weight is 205 g/mol. The highest BCUT2D eigenvalue weighted by atomic mass is 35.5. The molecule has 0 spiro atoms. The highest BCUT2D eigenvalue weighted by Crippen LogP contribution is 2.02. The van der Waals surface area contributed by atoms with Gasteiger partial charge < -0.3 is 10.8 Å². The third-order valence-corrected chi connectivity index (χ3v) is 1.35. The van der Waals surface area contributed by atoms with E-state index >= 15 is 0 Å². The van der Waals surface area contributed by atoms with Gasteiger partial charge in [-0.1, -0.05) is 12.2 Å². The van der Waals surface area contributed by atoms with E-state index in [1.54, 1.807) is 6.08 Å². The molecule has 1 unspecified atom stereocenters. The SMILES string of the molecule is CC(N)(C=CCCC#N)C(=O)O.Cl. The van der Waals surface area contributed by atoms with Gasteiger partial charge in [0.2, 0.25) is 0 Å². The highest BCUT2D eigenvalue weighted by Gasteiger charge is 2.23. The van der Waals surface area contributed by atoms with Crippen LogP contribution in [0, 0.1) is 11.3 Å². The number of allylic oxidation sites excluding steroid dienone is 1. The lowest BCUT2D eigenvalue weighted by molar-refractivity contribution is -0.140. The molecule has 5 heteroatoms. The zero-order valence-electron chi connectivity index (χ0n) is 7.36. The molecule has 0 rings (SSSR count). The maximum Gasteiger partial charge on any atom is 0.327 e. The molecule has 0 aromatic carbocycles. The minimum absolute atomic E-state index is 0. The van der Waals surface area contributed by atoms with Gasteiger partial charge in [0.05, 0.1) is 6.07 Å². The third-order valence-electron chi connectivity index (χ3n) is 1.35. The van der Waals surface area contributed by atoms with Crippen LogP contribution in [-0.4, -0.2) is 16.6 Å². The van der Waals surface area contributed by atoms with E-state index in [0.717, 1.165) is 0 Å². The van der Waals surface area contributed by atoms with E-state index in [9.17, 15) is 4.79 Å². The standard InChI is InChI=1S/C8H12N2O2.ClH/c1-8(10,7(11)12)5-3-2-4-6-9;/h3,5H,2,4,10H2,1H3,(H,11,12);1H. The fourth-order valence-electron chi connectivity index (χ4n) is 0.547. The van der Waals surface area contributed by atoms with E-state index < -0.39 is 11.5 Å². The molecular weight excluding hydrogens is 192 g/mol. The van der Waals surface area contributed by atoms with Gasteiger partial charge >= 0.3 is 5.97 Å². The van der Waals surface area contributed by atoms with Crippen LogP contribution in [0.2, 0.25) is 0 Å². The monoisotopic (exact) mass is 204 g/mol. The Morgan fingerprint density at radius 1 is 1.77 bits per heavy atom. The predicted octanol–water partition coefficient (Wildman–Crippen LogP) is 1.07. The Morgan fingerprint density at radius 3 is 2.69 bits per heavy atom. The number of nitrogens with two attached hydrogens (primary N) is 1. The van der Waals surface area contributed by atoms with Crippen LogP contribution in [0.3, 0.4) is 0 Å². The summed E-state index contributed by atoms with van der Waals surface area (Å²) in [5.41, 5.74) is 4.05. The molecule has 0 radical (unpaired) electrons. The molecule has 4 nitrogen and oxygen atoms in total. The summed E-state index contributed by atoms with van der Waals surface area (Å²) in [5.74, 6) is -1.07. The number of rotatable bonds is 4. The van der Waals surface area contributed by atoms with Crippen molar-refractivity contribution in [3.63, 3.8) is 0 Å². The van der Waals surface area contributed by atoms with Gasteiger partial charge in [-0.05, 0) is 13.3 Å². The first-order valence-electron chi connectivity index (χ1n) is 3.57. The molecule has 0 amide bonds. The lowest BCUT2D eigenvalue weighted by Gasteiger charge is -2.12. The van der Waals surface area contributed by atoms with Crippen LogP contribution in [-0.2, 0) is 4.79 Å². The van der Waals surface area contributed by atoms with Crippen molar-refractivity contribution in [1.29, 1.82) is 5.26 Å². The quantitative estimate of drug-likeness (QED) is 0.530. The van der Waals surface area contributed by atoms with Crippen molar-refractivity contribution in [2.45, 2.75) is 25.3 Å². The van der Waals surface area contributed by atoms with Gasteiger partial charge in [0.1, 0.15) is 5.54 Å². The first-order valence-corrected chi connectivity index (χ1v) is 3.57. The molecule has 0 heterocycles. The molecule has 0 aliphatic heterocycles. The average Bonchev–Trinajstić information content (AvgIpc) is 1.98. The maximum atomic E-state index is 10.4. The molecule has 13 heavy (non-hydrogen) atoms. The Kier molecular flexibility index (Phi) is 7.20. The van der Waals surface area contributed by atoms with Gasteiger partial charge in [-0.15, -0.1) is 12.4 Å². The topological polar surface area (TPSA) is 87.1 Å². The molecule has 1 atom stereocenters. The minimum atomic E-state index is -1.32. The van der Waals surface area contributed by atoms with Crippen molar-refractivity contribution in [3.05, 3.63) is 12.2 Å². The minimum Gasteiger partial charge on any atom is -0.480 e. The summed E-state index contributed by atoms with van der Waals surface area (Å²) >= 11 is 0. The van der Waals surface area contributed by atoms with E-state index in [0.29, 0.717) is 12.8 Å². The van der Waals surface area contributed by atoms with E-state index in [1.165, 1.54) is 13.0 Å². The number of nitriles is 1. The lowest BCUT2D eigenvalue weighted by Crippen LogP contribution is -2.42. The fraction of sp³-hybridized carbons (Fsp3) is 0.500. The van der Waals surface area contributed by atoms with Crippen LogP contribution in [0.1, 0.15) is 19.8 Å². The van der Waals surface area contributed by atoms with Gasteiger partial charge in [0.15, 0.2) is 0 Å². The number of halogens is 1. The first kappa shape index (κ1) is 14.5. The second kappa shape index (κ2) is 6.46. The van der Waals surface area contributed by atoms with Crippen LogP contribution in [0.25, 0.3) is 0 Å². The van der Waals surface area contributed by atoms with Crippen LogP contribution >= 0.6 is 12.4 Å². The zero-order valence-corrected chi connectivity index (χ0v) is 8.17. The molecule has 0 aliphatic carbocycles. The smallest absolute Gasteiger partial charge is 0.327 e. The number of nitrogens with zero attached hydrogens (tertiary/aromatic N) is 1. The van der Waals surface area contributed by atoms with E-state index in [-0.39, 0.29) is 12.4 Å². The molecular formula is C8H13ClN2O2. The summed E-state index contributed by atoms with van der Waals surface area (Å²) in [7, 11) is 0. The summed E-state index contributed by atoms with van der Waals surface area (Å²) in [5, 5.41) is 16.7. The van der Waals surface area contributed by atoms with Gasteiger partial charge in [0.25, 0.3) is 0 Å². The van der Waals surface area contributed by atoms with Crippen molar-refractivity contribution in [2.24, 2.45) is 5.73 Å². The molecule has 0 aromatic rings. The zero-order chi connectivity index (χ0) is 9.61. The number of hydrogen-bond donors (Lipinski definition) is 2. The predicted molar refractivity (Wildman–Crippen MR) is 51.5 cm³/mol. The summed E-state index contributed by atoms with van der Waals surface area (Å²) in [4.78, 5) is 10.4. The first-order chi connectivity index (χ1) is 5.50. The Balaban J connectivity index is 0. The fourth-order valence-corrected chi connectivity index (χ4v) is 0.547. The second-order valence-electron chi connectivity index (χ2n) is 2.69. The Labute approximate surface area is 83.4 Å². The number of carbonyl (C=O) groups is 1. The van der Waals surface area contributed by atoms with E-state index in [2.05, 4.69) is 0 Å². The molecule has 74 valence electrons. The van der Waals surface area contributed by atoms with Crippen molar-refractivity contribution in [2.75, 3.05) is 0 Å². The molecule has 0 aromatic heterocycles. The van der Waals surface area contributed by atoms with E-state index in [4.69, 9.17) is 16.1 Å². The molecule has 0 saturated heterocycles. The summed E-state index contributed by atoms with van der Waals surface area (Å²) in [6, 6.07) is 1.94. The van der Waals surface area contributed by atoms with Crippen molar-refractivity contribution in [3.8, 4) is 6.07 Å². The number of unbranched alkanes of at least 4 members (excludes halogenated alkanes) is 1. The summed E-state index contributed by atoms with van der Waals surface area (Å²) in [6.07, 6.45) is 3.92. The Hall–Kier alpha value is -1.05. The van der Waals surface area contributed by atoms with Gasteiger partial charge in [-0.25, -0.2) is 4.79 Å². The van der Waals surface area contributed by atoms with Crippen LogP contribution < -0.4 is 5.73 Å². The van der Waals surface area contributed by atoms with Gasteiger partial charge in [-0.3, -0.25) is 0 Å². The molecule has 0 bridgehead atoms. The van der Waals surface area contributed by atoms with Crippen LogP contribution in [0.15, 0.2) is 12.2 Å². The van der Waals surface area contributed by atoms with Crippen molar-refractivity contribution < 1.29 is 9.90 Å². The van der Waals surface area contributed by atoms with Crippen molar-refractivity contribution >= 4 is 18.4 Å². The van der Waals surface area contributed by atoms with Crippen LogP contribution in [0.5, 0.6) is 0 Å². The highest BCUT2D eigenvalue weighted by molar-refractivity contribution is 5.85. The number of aliphatic carboxylic acids is 1.